The van der Waals surface area contributed by atoms with Gasteiger partial charge in [-0.1, -0.05) is 40.2 Å². The van der Waals surface area contributed by atoms with Crippen molar-refractivity contribution in [2.24, 2.45) is 0 Å². The monoisotopic (exact) mass is 597 g/mol. The lowest BCUT2D eigenvalue weighted by Gasteiger charge is -2.13. The number of aromatic hydroxyl groups is 1. The zero-order valence-electron chi connectivity index (χ0n) is 21.8. The number of fused-ring (bicyclic) bond motifs is 1. The van der Waals surface area contributed by atoms with Gasteiger partial charge in [-0.2, -0.15) is 0 Å². The molecule has 206 valence electrons. The number of phenols is 1. The lowest BCUT2D eigenvalue weighted by Crippen LogP contribution is -2.14. The maximum atomic E-state index is 10.3. The van der Waals surface area contributed by atoms with Crippen LogP contribution in [0, 0.1) is 6.92 Å². The van der Waals surface area contributed by atoms with Gasteiger partial charge < -0.3 is 33.7 Å². The van der Waals surface area contributed by atoms with E-state index in [2.05, 4.69) is 51.7 Å². The van der Waals surface area contributed by atoms with Crippen LogP contribution in [0.25, 0.3) is 22.2 Å². The van der Waals surface area contributed by atoms with Crippen LogP contribution >= 0.6 is 15.9 Å². The molecule has 39 heavy (non-hydrogen) atoms. The van der Waals surface area contributed by atoms with Gasteiger partial charge in [-0.15, -0.1) is 0 Å². The van der Waals surface area contributed by atoms with Gasteiger partial charge in [0, 0.05) is 21.9 Å². The number of benzene rings is 3. The van der Waals surface area contributed by atoms with Crippen LogP contribution in [0.4, 0.5) is 0 Å². The number of hydrogen-bond acceptors (Lipinski definition) is 6. The van der Waals surface area contributed by atoms with Gasteiger partial charge in [0.1, 0.15) is 24.7 Å². The number of nitrogens with zero attached hydrogens (tertiary/aromatic N) is 1. The molecule has 0 unspecified atom stereocenters. The first-order chi connectivity index (χ1) is 18.9. The number of aryl methyl sites for hydroxylation is 1. The summed E-state index contributed by atoms with van der Waals surface area (Å²) in [5.74, 6) is 0.0248. The predicted molar refractivity (Wildman–Crippen MR) is 153 cm³/mol. The minimum Gasteiger partial charge on any atom is -0.508 e. The number of ether oxygens (including phenoxy) is 4. The molecule has 2 N–H and O–H groups in total. The zero-order chi connectivity index (χ0) is 27.6. The highest BCUT2D eigenvalue weighted by Crippen LogP contribution is 2.36. The quantitative estimate of drug-likeness (QED) is 0.171. The second-order valence-electron chi connectivity index (χ2n) is 8.93. The van der Waals surface area contributed by atoms with Gasteiger partial charge in [-0.05, 0) is 66.1 Å². The van der Waals surface area contributed by atoms with Crippen LogP contribution in [0.2, 0.25) is 0 Å². The smallest absolute Gasteiger partial charge is 0.329 e. The summed E-state index contributed by atoms with van der Waals surface area (Å²) in [4.78, 5) is 10.3. The SMILES string of the molecule is Cc1c(-c2ccc(Br)cc2)n(Cc2ccc(OCCOCCOCCOCC(=O)O)cc2)c2ccc(O)cc12. The highest BCUT2D eigenvalue weighted by atomic mass is 79.9. The fourth-order valence-electron chi connectivity index (χ4n) is 4.35. The number of phenolic OH excluding ortho intramolecular Hbond substituents is 1. The van der Waals surface area contributed by atoms with Crippen LogP contribution in [0.5, 0.6) is 11.5 Å². The predicted octanol–water partition coefficient (Wildman–Crippen LogP) is 5.65. The molecular weight excluding hydrogens is 566 g/mol. The van der Waals surface area contributed by atoms with E-state index in [0.29, 0.717) is 39.6 Å². The Kier molecular flexibility index (Phi) is 10.4. The molecule has 0 radical (unpaired) electrons. The molecule has 4 aromatic rings. The highest BCUT2D eigenvalue weighted by Gasteiger charge is 2.17. The Labute approximate surface area is 235 Å². The molecule has 9 heteroatoms. The van der Waals surface area contributed by atoms with Crippen LogP contribution in [0.15, 0.2) is 71.2 Å². The van der Waals surface area contributed by atoms with E-state index in [-0.39, 0.29) is 19.0 Å². The number of rotatable bonds is 15. The molecule has 0 saturated heterocycles. The fourth-order valence-corrected chi connectivity index (χ4v) is 4.61. The number of aromatic nitrogens is 1. The molecule has 8 nitrogen and oxygen atoms in total. The van der Waals surface area contributed by atoms with Crippen LogP contribution in [-0.2, 0) is 25.5 Å². The van der Waals surface area contributed by atoms with Crippen LogP contribution < -0.4 is 4.74 Å². The first-order valence-corrected chi connectivity index (χ1v) is 13.5. The second-order valence-corrected chi connectivity index (χ2v) is 9.85. The first kappa shape index (κ1) is 28.6. The van der Waals surface area contributed by atoms with Crippen molar-refractivity contribution in [2.75, 3.05) is 46.2 Å². The van der Waals surface area contributed by atoms with E-state index < -0.39 is 5.97 Å². The lowest BCUT2D eigenvalue weighted by atomic mass is 10.1. The Bertz CT molecular complexity index is 1370. The van der Waals surface area contributed by atoms with Gasteiger partial charge in [0.05, 0.1) is 38.7 Å². The number of carboxylic acids is 1. The Morgan fingerprint density at radius 3 is 2.15 bits per heavy atom. The first-order valence-electron chi connectivity index (χ1n) is 12.7. The number of halogens is 1. The van der Waals surface area contributed by atoms with E-state index in [4.69, 9.17) is 24.1 Å². The van der Waals surface area contributed by atoms with Crippen molar-refractivity contribution in [3.05, 3.63) is 82.3 Å². The molecule has 0 aliphatic rings. The van der Waals surface area contributed by atoms with E-state index in [9.17, 15) is 9.90 Å². The molecular formula is C30H32BrNO7. The lowest BCUT2D eigenvalue weighted by molar-refractivity contribution is -0.142. The van der Waals surface area contributed by atoms with Gasteiger partial charge in [-0.3, -0.25) is 0 Å². The molecule has 0 aliphatic carbocycles. The Morgan fingerprint density at radius 1 is 0.846 bits per heavy atom. The second kappa shape index (κ2) is 14.1. The van der Waals surface area contributed by atoms with Crippen LogP contribution in [0.3, 0.4) is 0 Å². The third-order valence-corrected chi connectivity index (χ3v) is 6.68. The van der Waals surface area contributed by atoms with Crippen molar-refractivity contribution in [3.8, 4) is 22.8 Å². The molecule has 0 bridgehead atoms. The minimum absolute atomic E-state index is 0.237. The third kappa shape index (κ3) is 8.06. The Hall–Kier alpha value is -3.37. The average molecular weight is 598 g/mol. The molecule has 3 aromatic carbocycles. The summed E-state index contributed by atoms with van der Waals surface area (Å²) in [7, 11) is 0. The van der Waals surface area contributed by atoms with Crippen molar-refractivity contribution in [1.29, 1.82) is 0 Å². The summed E-state index contributed by atoms with van der Waals surface area (Å²) >= 11 is 3.52. The summed E-state index contributed by atoms with van der Waals surface area (Å²) in [6.07, 6.45) is 0. The van der Waals surface area contributed by atoms with Gasteiger partial charge in [0.2, 0.25) is 0 Å². The number of hydrogen-bond donors (Lipinski definition) is 2. The minimum atomic E-state index is -0.995. The highest BCUT2D eigenvalue weighted by molar-refractivity contribution is 9.10. The van der Waals surface area contributed by atoms with Crippen LogP contribution in [-0.4, -0.2) is 67.0 Å². The summed E-state index contributed by atoms with van der Waals surface area (Å²) < 4.78 is 24.8. The molecule has 1 aromatic heterocycles. The summed E-state index contributed by atoms with van der Waals surface area (Å²) in [5.41, 5.74) is 5.56. The standard InChI is InChI=1S/C30H32BrNO7/c1-21-27-18-25(33)8-11-28(27)32(30(21)23-4-6-24(31)7-5-23)19-22-2-9-26(10-3-22)39-17-16-37-13-12-36-14-15-38-20-29(34)35/h2-11,18,33H,12-17,19-20H2,1H3,(H,34,35). The summed E-state index contributed by atoms with van der Waals surface area (Å²) in [6, 6.07) is 21.8. The number of carboxylic acid groups (broad SMARTS) is 1. The topological polar surface area (TPSA) is 99.4 Å². The zero-order valence-corrected chi connectivity index (χ0v) is 23.4. The number of carbonyl (C=O) groups is 1. The van der Waals surface area contributed by atoms with Gasteiger partial charge in [0.15, 0.2) is 0 Å². The van der Waals surface area contributed by atoms with E-state index >= 15 is 0 Å². The molecule has 4 rings (SSSR count). The Balaban J connectivity index is 1.30. The maximum Gasteiger partial charge on any atom is 0.329 e. The average Bonchev–Trinajstić information content (AvgIpc) is 3.18. The van der Waals surface area contributed by atoms with E-state index in [0.717, 1.165) is 43.5 Å². The normalized spacial score (nSPS) is 11.2. The van der Waals surface area contributed by atoms with Gasteiger partial charge in [0.25, 0.3) is 0 Å². The Morgan fingerprint density at radius 2 is 1.49 bits per heavy atom. The molecule has 0 spiro atoms. The number of aliphatic carboxylic acids is 1. The maximum absolute atomic E-state index is 10.3. The van der Waals surface area contributed by atoms with Crippen molar-refractivity contribution in [1.82, 2.24) is 4.57 Å². The molecule has 0 atom stereocenters. The fraction of sp³-hybridized carbons (Fsp3) is 0.300. The summed E-state index contributed by atoms with van der Waals surface area (Å²) in [5, 5.41) is 19.6. The van der Waals surface area contributed by atoms with E-state index in [1.165, 1.54) is 0 Å². The molecule has 0 fully saturated rings. The largest absolute Gasteiger partial charge is 0.508 e. The molecule has 0 saturated carbocycles. The van der Waals surface area contributed by atoms with Crippen molar-refractivity contribution in [2.45, 2.75) is 13.5 Å². The third-order valence-electron chi connectivity index (χ3n) is 6.15. The van der Waals surface area contributed by atoms with E-state index in [1.807, 2.05) is 36.4 Å². The van der Waals surface area contributed by atoms with Crippen molar-refractivity contribution in [3.63, 3.8) is 0 Å². The summed E-state index contributed by atoms with van der Waals surface area (Å²) in [6.45, 7) is 4.68. The molecule has 0 amide bonds. The molecule has 1 heterocycles. The van der Waals surface area contributed by atoms with Crippen LogP contribution in [0.1, 0.15) is 11.1 Å². The van der Waals surface area contributed by atoms with Crippen molar-refractivity contribution < 1.29 is 34.0 Å². The van der Waals surface area contributed by atoms with E-state index in [1.54, 1.807) is 6.07 Å². The van der Waals surface area contributed by atoms with Gasteiger partial charge >= 0.3 is 5.97 Å². The molecule has 0 aliphatic heterocycles. The van der Waals surface area contributed by atoms with Gasteiger partial charge in [-0.25, -0.2) is 4.79 Å². The van der Waals surface area contributed by atoms with Crippen molar-refractivity contribution >= 4 is 32.8 Å².